The molecule has 3 atom stereocenters. The van der Waals surface area contributed by atoms with Crippen LogP contribution in [-0.2, 0) is 4.79 Å². The molecule has 0 aromatic heterocycles. The van der Waals surface area contributed by atoms with E-state index in [1.165, 1.54) is 6.07 Å². The highest BCUT2D eigenvalue weighted by molar-refractivity contribution is 5.68. The Morgan fingerprint density at radius 2 is 2.23 bits per heavy atom. The zero-order valence-electron chi connectivity index (χ0n) is 12.6. The number of phenolic OH excluding ortho intramolecular Hbond substituents is 1. The second-order valence-corrected chi connectivity index (χ2v) is 5.60. The number of carboxylic acid groups (broad SMARTS) is 1. The first-order chi connectivity index (χ1) is 10.5. The Hall–Kier alpha value is -2.01. The second kappa shape index (κ2) is 7.31. The number of carboxylic acids is 1. The number of rotatable bonds is 7. The maximum absolute atomic E-state index is 11.0. The summed E-state index contributed by atoms with van der Waals surface area (Å²) >= 11 is 0. The van der Waals surface area contributed by atoms with Crippen molar-refractivity contribution < 1.29 is 24.9 Å². The third-order valence-corrected chi connectivity index (χ3v) is 3.90. The molecular weight excluding hydrogens is 284 g/mol. The zero-order valence-corrected chi connectivity index (χ0v) is 12.6. The van der Waals surface area contributed by atoms with Crippen molar-refractivity contribution in [2.75, 3.05) is 0 Å². The lowest BCUT2D eigenvalue weighted by Crippen LogP contribution is -2.28. The highest BCUT2D eigenvalue weighted by atomic mass is 16.5. The fraction of sp³-hybridized carbons (Fsp3) is 0.471. The molecule has 1 aliphatic carbocycles. The van der Waals surface area contributed by atoms with E-state index in [1.807, 2.05) is 13.0 Å². The van der Waals surface area contributed by atoms with E-state index < -0.39 is 18.0 Å². The lowest BCUT2D eigenvalue weighted by Gasteiger charge is -2.26. The maximum atomic E-state index is 11.0. The molecule has 0 heterocycles. The van der Waals surface area contributed by atoms with E-state index in [4.69, 9.17) is 9.84 Å². The average molecular weight is 306 g/mol. The van der Waals surface area contributed by atoms with Gasteiger partial charge in [-0.25, -0.2) is 0 Å². The smallest absolute Gasteiger partial charge is 0.304 e. The Bertz CT molecular complexity index is 552. The first-order valence-corrected chi connectivity index (χ1v) is 7.56. The minimum Gasteiger partial charge on any atom is -0.508 e. The molecule has 0 fully saturated rings. The summed E-state index contributed by atoms with van der Waals surface area (Å²) in [7, 11) is 0. The predicted molar refractivity (Wildman–Crippen MR) is 81.9 cm³/mol. The quantitative estimate of drug-likeness (QED) is 0.674. The number of hydrogen-bond donors (Lipinski definition) is 3. The molecule has 1 aliphatic rings. The molecule has 0 saturated heterocycles. The molecular formula is C17H22O5. The van der Waals surface area contributed by atoms with Crippen molar-refractivity contribution >= 4 is 5.97 Å². The van der Waals surface area contributed by atoms with Gasteiger partial charge in [-0.1, -0.05) is 25.5 Å². The summed E-state index contributed by atoms with van der Waals surface area (Å²) in [6.07, 6.45) is 2.89. The van der Waals surface area contributed by atoms with Gasteiger partial charge in [0.15, 0.2) is 0 Å². The second-order valence-electron chi connectivity index (χ2n) is 5.60. The van der Waals surface area contributed by atoms with Crippen molar-refractivity contribution in [2.45, 2.75) is 44.8 Å². The molecule has 0 saturated carbocycles. The third kappa shape index (κ3) is 4.01. The number of ether oxygens (including phenoxy) is 1. The van der Waals surface area contributed by atoms with Gasteiger partial charge in [0, 0.05) is 12.0 Å². The van der Waals surface area contributed by atoms with Gasteiger partial charge in [-0.3, -0.25) is 4.79 Å². The van der Waals surface area contributed by atoms with Crippen LogP contribution in [0.1, 0.15) is 32.6 Å². The Morgan fingerprint density at radius 3 is 2.86 bits per heavy atom. The minimum atomic E-state index is -0.926. The van der Waals surface area contributed by atoms with E-state index in [2.05, 4.69) is 0 Å². The van der Waals surface area contributed by atoms with Gasteiger partial charge in [-0.05, 0) is 30.5 Å². The highest BCUT2D eigenvalue weighted by Gasteiger charge is 2.34. The van der Waals surface area contributed by atoms with E-state index >= 15 is 0 Å². The van der Waals surface area contributed by atoms with E-state index in [1.54, 1.807) is 18.2 Å². The van der Waals surface area contributed by atoms with Gasteiger partial charge >= 0.3 is 5.97 Å². The SMILES string of the molecule is CCCC(Oc1cccc(O)c1)C1=CCC(O)C1CC(=O)O. The topological polar surface area (TPSA) is 87.0 Å². The first-order valence-electron chi connectivity index (χ1n) is 7.56. The summed E-state index contributed by atoms with van der Waals surface area (Å²) in [5.41, 5.74) is 0.847. The number of aliphatic hydroxyl groups is 1. The Kier molecular flexibility index (Phi) is 5.44. The molecule has 2 rings (SSSR count). The molecule has 1 aromatic carbocycles. The van der Waals surface area contributed by atoms with Gasteiger partial charge < -0.3 is 20.1 Å². The monoisotopic (exact) mass is 306 g/mol. The molecule has 22 heavy (non-hydrogen) atoms. The van der Waals surface area contributed by atoms with Gasteiger partial charge in [0.05, 0.1) is 12.5 Å². The average Bonchev–Trinajstić information content (AvgIpc) is 2.79. The third-order valence-electron chi connectivity index (χ3n) is 3.90. The van der Waals surface area contributed by atoms with Crippen LogP contribution in [0.2, 0.25) is 0 Å². The first kappa shape index (κ1) is 16.4. The normalized spacial score (nSPS) is 22.2. The lowest BCUT2D eigenvalue weighted by molar-refractivity contribution is -0.138. The van der Waals surface area contributed by atoms with E-state index in [-0.39, 0.29) is 18.3 Å². The van der Waals surface area contributed by atoms with Crippen molar-refractivity contribution in [3.05, 3.63) is 35.9 Å². The number of hydrogen-bond acceptors (Lipinski definition) is 4. The lowest BCUT2D eigenvalue weighted by atomic mass is 9.90. The van der Waals surface area contributed by atoms with Crippen molar-refractivity contribution in [2.24, 2.45) is 5.92 Å². The fourth-order valence-electron chi connectivity index (χ4n) is 2.88. The van der Waals surface area contributed by atoms with Gasteiger partial charge in [0.25, 0.3) is 0 Å². The van der Waals surface area contributed by atoms with Gasteiger partial charge in [0.2, 0.25) is 0 Å². The molecule has 3 unspecified atom stereocenters. The highest BCUT2D eigenvalue weighted by Crippen LogP contribution is 2.35. The molecule has 120 valence electrons. The van der Waals surface area contributed by atoms with Crippen molar-refractivity contribution in [1.29, 1.82) is 0 Å². The van der Waals surface area contributed by atoms with Crippen LogP contribution in [0, 0.1) is 5.92 Å². The molecule has 0 bridgehead atoms. The maximum Gasteiger partial charge on any atom is 0.304 e. The Labute approximate surface area is 129 Å². The summed E-state index contributed by atoms with van der Waals surface area (Å²) in [6, 6.07) is 6.54. The summed E-state index contributed by atoms with van der Waals surface area (Å²) < 4.78 is 5.95. The van der Waals surface area contributed by atoms with E-state index in [0.29, 0.717) is 12.2 Å². The van der Waals surface area contributed by atoms with Crippen molar-refractivity contribution in [3.63, 3.8) is 0 Å². The molecule has 0 radical (unpaired) electrons. The molecule has 5 nitrogen and oxygen atoms in total. The molecule has 1 aromatic rings. The Balaban J connectivity index is 2.17. The minimum absolute atomic E-state index is 0.101. The van der Waals surface area contributed by atoms with Crippen LogP contribution in [0.3, 0.4) is 0 Å². The molecule has 0 spiro atoms. The van der Waals surface area contributed by atoms with E-state index in [9.17, 15) is 15.0 Å². The largest absolute Gasteiger partial charge is 0.508 e. The number of carbonyl (C=O) groups is 1. The van der Waals surface area contributed by atoms with Crippen LogP contribution in [0.15, 0.2) is 35.9 Å². The zero-order chi connectivity index (χ0) is 16.1. The Morgan fingerprint density at radius 1 is 1.45 bits per heavy atom. The number of phenols is 1. The molecule has 5 heteroatoms. The van der Waals surface area contributed by atoms with Gasteiger partial charge in [0.1, 0.15) is 17.6 Å². The number of benzene rings is 1. The molecule has 0 aliphatic heterocycles. The molecule has 3 N–H and O–H groups in total. The van der Waals surface area contributed by atoms with Crippen LogP contribution < -0.4 is 4.74 Å². The predicted octanol–water partition coefficient (Wildman–Crippen LogP) is 2.72. The molecule has 0 amide bonds. The summed E-state index contributed by atoms with van der Waals surface area (Å²) in [5.74, 6) is -0.680. The fourth-order valence-corrected chi connectivity index (χ4v) is 2.88. The summed E-state index contributed by atoms with van der Waals surface area (Å²) in [6.45, 7) is 2.02. The summed E-state index contributed by atoms with van der Waals surface area (Å²) in [5, 5.41) is 28.6. The van der Waals surface area contributed by atoms with Crippen LogP contribution in [0.4, 0.5) is 0 Å². The van der Waals surface area contributed by atoms with Crippen LogP contribution in [0.25, 0.3) is 0 Å². The van der Waals surface area contributed by atoms with Gasteiger partial charge in [-0.2, -0.15) is 0 Å². The standard InChI is InChI=1S/C17H22O5/c1-2-4-16(22-12-6-3-5-11(18)9-12)13-7-8-15(19)14(13)10-17(20)21/h3,5-7,9,14-16,18-19H,2,4,8,10H2,1H3,(H,20,21). The summed E-state index contributed by atoms with van der Waals surface area (Å²) in [4.78, 5) is 11.0. The van der Waals surface area contributed by atoms with Gasteiger partial charge in [-0.15, -0.1) is 0 Å². The van der Waals surface area contributed by atoms with Crippen LogP contribution >= 0.6 is 0 Å². The van der Waals surface area contributed by atoms with Crippen molar-refractivity contribution in [3.8, 4) is 11.5 Å². The van der Waals surface area contributed by atoms with Crippen molar-refractivity contribution in [1.82, 2.24) is 0 Å². The van der Waals surface area contributed by atoms with Crippen LogP contribution in [-0.4, -0.2) is 33.5 Å². The number of aliphatic carboxylic acids is 1. The van der Waals surface area contributed by atoms with E-state index in [0.717, 1.165) is 18.4 Å². The van der Waals surface area contributed by atoms with Crippen LogP contribution in [0.5, 0.6) is 11.5 Å². The number of aromatic hydroxyl groups is 1. The number of aliphatic hydroxyl groups excluding tert-OH is 1.